The zero-order valence-electron chi connectivity index (χ0n) is 17.2. The molecular weight excluding hydrogens is 398 g/mol. The van der Waals surface area contributed by atoms with Gasteiger partial charge < -0.3 is 9.64 Å². The minimum Gasteiger partial charge on any atom is -0.383 e. The lowest BCUT2D eigenvalue weighted by molar-refractivity contribution is -0.129. The number of nitrogens with zero attached hydrogens (tertiary/aromatic N) is 3. The Morgan fingerprint density at radius 1 is 1.17 bits per heavy atom. The van der Waals surface area contributed by atoms with Gasteiger partial charge in [0.2, 0.25) is 5.91 Å². The molecule has 6 nitrogen and oxygen atoms in total. The van der Waals surface area contributed by atoms with Crippen LogP contribution in [0.2, 0.25) is 0 Å². The summed E-state index contributed by atoms with van der Waals surface area (Å²) in [5.74, 6) is 0.301. The van der Waals surface area contributed by atoms with Crippen LogP contribution < -0.4 is 5.56 Å². The Morgan fingerprint density at radius 3 is 2.70 bits per heavy atom. The predicted molar refractivity (Wildman–Crippen MR) is 119 cm³/mol. The highest BCUT2D eigenvalue weighted by molar-refractivity contribution is 7.99. The molecule has 1 atom stereocenters. The Hall–Kier alpha value is -2.64. The minimum absolute atomic E-state index is 0.0582. The van der Waals surface area contributed by atoms with Crippen molar-refractivity contribution in [2.45, 2.75) is 31.1 Å². The maximum Gasteiger partial charge on any atom is 0.262 e. The third kappa shape index (κ3) is 4.13. The molecule has 3 aromatic rings. The number of hydrogen-bond acceptors (Lipinski definition) is 5. The van der Waals surface area contributed by atoms with Crippen LogP contribution in [-0.4, -0.2) is 46.4 Å². The number of carbonyl (C=O) groups is 1. The number of methoxy groups -OCH3 is 1. The average molecular weight is 424 g/mol. The molecule has 0 saturated carbocycles. The Kier molecular flexibility index (Phi) is 6.20. The predicted octanol–water partition coefficient (Wildman–Crippen LogP) is 3.28. The number of ether oxygens (including phenoxy) is 1. The zero-order chi connectivity index (χ0) is 21.1. The highest BCUT2D eigenvalue weighted by Gasteiger charge is 2.22. The first-order valence-electron chi connectivity index (χ1n) is 10.1. The fourth-order valence-corrected chi connectivity index (χ4v) is 4.86. The van der Waals surface area contributed by atoms with Crippen LogP contribution in [0.1, 0.15) is 24.1 Å². The topological polar surface area (TPSA) is 64.4 Å². The standard InChI is InChI=1S/C23H25N3O3S/c1-16(14-29-2)26-22(28)19-9-5-6-10-20(19)24-23(26)30-15-21(27)25-12-11-17-7-3-4-8-18(17)13-25/h3-10,16H,11-15H2,1-2H3/t16-/m0/s1. The van der Waals surface area contributed by atoms with Gasteiger partial charge in [0.05, 0.1) is 29.3 Å². The largest absolute Gasteiger partial charge is 0.383 e. The summed E-state index contributed by atoms with van der Waals surface area (Å²) >= 11 is 1.32. The molecule has 30 heavy (non-hydrogen) atoms. The molecule has 7 heteroatoms. The van der Waals surface area contributed by atoms with Gasteiger partial charge in [0, 0.05) is 20.2 Å². The van der Waals surface area contributed by atoms with Crippen LogP contribution >= 0.6 is 11.8 Å². The highest BCUT2D eigenvalue weighted by atomic mass is 32.2. The molecule has 0 N–H and O–H groups in total. The third-order valence-corrected chi connectivity index (χ3v) is 6.37. The van der Waals surface area contributed by atoms with Gasteiger partial charge in [-0.15, -0.1) is 0 Å². The van der Waals surface area contributed by atoms with Crippen LogP contribution in [0.3, 0.4) is 0 Å². The van der Waals surface area contributed by atoms with Crippen LogP contribution in [0.4, 0.5) is 0 Å². The van der Waals surface area contributed by atoms with Crippen molar-refractivity contribution in [3.63, 3.8) is 0 Å². The van der Waals surface area contributed by atoms with Crippen LogP contribution in [0, 0.1) is 0 Å². The molecule has 4 rings (SSSR count). The van der Waals surface area contributed by atoms with E-state index in [9.17, 15) is 9.59 Å². The summed E-state index contributed by atoms with van der Waals surface area (Å²) in [6, 6.07) is 15.4. The molecule has 0 fully saturated rings. The number of para-hydroxylation sites is 1. The Balaban J connectivity index is 1.57. The molecule has 2 heterocycles. The van der Waals surface area contributed by atoms with Gasteiger partial charge in [0.1, 0.15) is 0 Å². The molecule has 1 aliphatic rings. The van der Waals surface area contributed by atoms with E-state index < -0.39 is 0 Å². The van der Waals surface area contributed by atoms with Gasteiger partial charge in [0.15, 0.2) is 5.16 Å². The lowest BCUT2D eigenvalue weighted by Gasteiger charge is -2.29. The fourth-order valence-electron chi connectivity index (χ4n) is 3.86. The van der Waals surface area contributed by atoms with Crippen LogP contribution in [-0.2, 0) is 22.5 Å². The molecule has 0 spiro atoms. The minimum atomic E-state index is -0.181. The smallest absolute Gasteiger partial charge is 0.262 e. The van der Waals surface area contributed by atoms with Gasteiger partial charge >= 0.3 is 0 Å². The van der Waals surface area contributed by atoms with E-state index in [0.717, 1.165) is 6.42 Å². The summed E-state index contributed by atoms with van der Waals surface area (Å²) in [5, 5.41) is 1.12. The van der Waals surface area contributed by atoms with E-state index in [4.69, 9.17) is 9.72 Å². The normalized spacial score (nSPS) is 14.5. The second kappa shape index (κ2) is 9.02. The molecule has 0 bridgehead atoms. The molecule has 0 unspecified atom stereocenters. The molecule has 2 aromatic carbocycles. The highest BCUT2D eigenvalue weighted by Crippen LogP contribution is 2.24. The first-order chi connectivity index (χ1) is 14.6. The van der Waals surface area contributed by atoms with Crippen molar-refractivity contribution in [1.82, 2.24) is 14.5 Å². The Labute approximate surface area is 179 Å². The first-order valence-corrected chi connectivity index (χ1v) is 11.0. The molecule has 1 aromatic heterocycles. The van der Waals surface area contributed by atoms with E-state index in [1.54, 1.807) is 17.7 Å². The number of amides is 1. The van der Waals surface area contributed by atoms with Gasteiger partial charge in [-0.05, 0) is 36.6 Å². The maximum absolute atomic E-state index is 13.1. The van der Waals surface area contributed by atoms with E-state index in [1.165, 1.54) is 22.9 Å². The van der Waals surface area contributed by atoms with Crippen molar-refractivity contribution in [3.05, 3.63) is 70.0 Å². The van der Waals surface area contributed by atoms with Crippen molar-refractivity contribution in [3.8, 4) is 0 Å². The number of fused-ring (bicyclic) bond motifs is 2. The number of aromatic nitrogens is 2. The molecule has 0 radical (unpaired) electrons. The monoisotopic (exact) mass is 423 g/mol. The summed E-state index contributed by atoms with van der Waals surface area (Å²) in [5.41, 5.74) is 3.06. The molecule has 1 amide bonds. The van der Waals surface area contributed by atoms with E-state index in [2.05, 4.69) is 12.1 Å². The van der Waals surface area contributed by atoms with Crippen molar-refractivity contribution in [2.75, 3.05) is 26.0 Å². The van der Waals surface area contributed by atoms with E-state index in [-0.39, 0.29) is 23.3 Å². The van der Waals surface area contributed by atoms with E-state index in [1.807, 2.05) is 42.2 Å². The number of thioether (sulfide) groups is 1. The lowest BCUT2D eigenvalue weighted by Crippen LogP contribution is -2.37. The van der Waals surface area contributed by atoms with Crippen molar-refractivity contribution < 1.29 is 9.53 Å². The SMILES string of the molecule is COC[C@H](C)n1c(SCC(=O)N2CCc3ccccc3C2)nc2ccccc2c1=O. The Morgan fingerprint density at radius 2 is 1.90 bits per heavy atom. The van der Waals surface area contributed by atoms with E-state index >= 15 is 0 Å². The average Bonchev–Trinajstić information content (AvgIpc) is 2.77. The van der Waals surface area contributed by atoms with Crippen LogP contribution in [0.15, 0.2) is 58.5 Å². The quantitative estimate of drug-likeness (QED) is 0.450. The lowest BCUT2D eigenvalue weighted by atomic mass is 10.00. The van der Waals surface area contributed by atoms with E-state index in [0.29, 0.717) is 35.8 Å². The fraction of sp³-hybridized carbons (Fsp3) is 0.348. The second-order valence-corrected chi connectivity index (χ2v) is 8.46. The summed E-state index contributed by atoms with van der Waals surface area (Å²) in [6.45, 7) is 3.67. The molecule has 0 saturated heterocycles. The number of carbonyl (C=O) groups excluding carboxylic acids is 1. The number of rotatable bonds is 6. The third-order valence-electron chi connectivity index (χ3n) is 5.43. The molecule has 0 aliphatic carbocycles. The molecular formula is C23H25N3O3S. The van der Waals surface area contributed by atoms with Gasteiger partial charge in [-0.25, -0.2) is 4.98 Å². The van der Waals surface area contributed by atoms with Gasteiger partial charge in [-0.1, -0.05) is 48.2 Å². The van der Waals surface area contributed by atoms with Gasteiger partial charge in [0.25, 0.3) is 5.56 Å². The summed E-state index contributed by atoms with van der Waals surface area (Å²) < 4.78 is 6.91. The number of hydrogen-bond donors (Lipinski definition) is 0. The van der Waals surface area contributed by atoms with Crippen LogP contribution in [0.5, 0.6) is 0 Å². The second-order valence-electron chi connectivity index (χ2n) is 7.51. The molecule has 156 valence electrons. The maximum atomic E-state index is 13.1. The van der Waals surface area contributed by atoms with Gasteiger partial charge in [-0.2, -0.15) is 0 Å². The van der Waals surface area contributed by atoms with Crippen LogP contribution in [0.25, 0.3) is 10.9 Å². The number of benzene rings is 2. The zero-order valence-corrected chi connectivity index (χ0v) is 18.0. The van der Waals surface area contributed by atoms with Gasteiger partial charge in [-0.3, -0.25) is 14.2 Å². The Bertz CT molecular complexity index is 1130. The van der Waals surface area contributed by atoms with Crippen molar-refractivity contribution in [2.24, 2.45) is 0 Å². The molecule has 1 aliphatic heterocycles. The summed E-state index contributed by atoms with van der Waals surface area (Å²) in [4.78, 5) is 32.6. The summed E-state index contributed by atoms with van der Waals surface area (Å²) in [6.07, 6.45) is 0.871. The summed E-state index contributed by atoms with van der Waals surface area (Å²) in [7, 11) is 1.61. The van der Waals surface area contributed by atoms with Crippen molar-refractivity contribution in [1.29, 1.82) is 0 Å². The first kappa shape index (κ1) is 20.6. The van der Waals surface area contributed by atoms with Crippen molar-refractivity contribution >= 4 is 28.6 Å².